The second-order valence-electron chi connectivity index (χ2n) is 6.97. The van der Waals surface area contributed by atoms with Crippen molar-refractivity contribution in [1.82, 2.24) is 0 Å². The Morgan fingerprint density at radius 2 is 1.41 bits per heavy atom. The molecule has 2 bridgehead atoms. The van der Waals surface area contributed by atoms with Gasteiger partial charge in [0, 0.05) is 0 Å². The van der Waals surface area contributed by atoms with E-state index in [2.05, 4.69) is 63.4 Å². The molecule has 4 rings (SSSR count). The van der Waals surface area contributed by atoms with Crippen molar-refractivity contribution in [2.24, 2.45) is 11.3 Å². The number of benzene rings is 1. The van der Waals surface area contributed by atoms with Crippen LogP contribution in [0.5, 0.6) is 0 Å². The first-order valence-corrected chi connectivity index (χ1v) is 12.5. The van der Waals surface area contributed by atoms with Gasteiger partial charge in [0.15, 0.2) is 0 Å². The largest absolute Gasteiger partial charge is 0.106 e. The lowest BCUT2D eigenvalue weighted by atomic mass is 9.56. The maximum atomic E-state index is 3.00. The van der Waals surface area contributed by atoms with Crippen LogP contribution in [0.3, 0.4) is 0 Å². The van der Waals surface area contributed by atoms with Gasteiger partial charge in [-0.3, -0.25) is 0 Å². The van der Waals surface area contributed by atoms with E-state index in [1.54, 1.807) is 0 Å². The van der Waals surface area contributed by atoms with E-state index in [0.29, 0.717) is 0 Å². The minimum Gasteiger partial charge on any atom is -0.106 e. The molecule has 3 aliphatic rings. The van der Waals surface area contributed by atoms with Crippen molar-refractivity contribution in [2.45, 2.75) is 113 Å². The van der Waals surface area contributed by atoms with E-state index in [1.807, 2.05) is 47.6 Å². The summed E-state index contributed by atoms with van der Waals surface area (Å²) in [6.07, 6.45) is 17.6. The van der Waals surface area contributed by atoms with Crippen LogP contribution in [0.25, 0.3) is 0 Å². The third kappa shape index (κ3) is 15.2. The van der Waals surface area contributed by atoms with Gasteiger partial charge in [0.1, 0.15) is 0 Å². The Bertz CT molecular complexity index is 423. The fourth-order valence-electron chi connectivity index (χ4n) is 3.89. The van der Waals surface area contributed by atoms with Crippen molar-refractivity contribution < 1.29 is 0 Å². The Morgan fingerprint density at radius 3 is 1.86 bits per heavy atom. The monoisotopic (exact) mass is 402 g/mol. The van der Waals surface area contributed by atoms with Crippen molar-refractivity contribution in [1.29, 1.82) is 0 Å². The molecule has 0 saturated heterocycles. The predicted molar refractivity (Wildman–Crippen MR) is 139 cm³/mol. The average Bonchev–Trinajstić information content (AvgIpc) is 2.78. The SMILES string of the molecule is C=C.CC.CC.CC.CCCCC12CC=CCCC(C1)C2.CCc1ccccc1. The fraction of sp³-hybridized carbons (Fsp3) is 0.655. The highest BCUT2D eigenvalue weighted by Crippen LogP contribution is 2.54. The van der Waals surface area contributed by atoms with Gasteiger partial charge in [-0.25, -0.2) is 0 Å². The van der Waals surface area contributed by atoms with E-state index >= 15 is 0 Å². The molecule has 0 atom stereocenters. The summed E-state index contributed by atoms with van der Waals surface area (Å²) in [5, 5.41) is 0. The number of hydrogen-bond acceptors (Lipinski definition) is 0. The summed E-state index contributed by atoms with van der Waals surface area (Å²) < 4.78 is 0. The Morgan fingerprint density at radius 1 is 0.862 bits per heavy atom. The van der Waals surface area contributed by atoms with Gasteiger partial charge < -0.3 is 0 Å². The lowest BCUT2D eigenvalue weighted by molar-refractivity contribution is 0.0378. The molecule has 0 N–H and O–H groups in total. The van der Waals surface area contributed by atoms with Crippen LogP contribution >= 0.6 is 0 Å². The van der Waals surface area contributed by atoms with Crippen molar-refractivity contribution in [3.63, 3.8) is 0 Å². The molecule has 0 nitrogen and oxygen atoms in total. The van der Waals surface area contributed by atoms with Crippen LogP contribution < -0.4 is 0 Å². The maximum Gasteiger partial charge on any atom is -0.0258 e. The maximum absolute atomic E-state index is 3.00. The molecule has 1 aromatic carbocycles. The number of unbranched alkanes of at least 4 members (excludes halogenated alkanes) is 1. The predicted octanol–water partition coefficient (Wildman–Crippen LogP) is 10.4. The van der Waals surface area contributed by atoms with E-state index in [1.165, 1.54) is 56.9 Å². The molecular weight excluding hydrogens is 348 g/mol. The molecule has 0 heteroatoms. The minimum atomic E-state index is 0.762. The van der Waals surface area contributed by atoms with Crippen LogP contribution in [0, 0.1) is 11.3 Å². The quantitative estimate of drug-likeness (QED) is 0.439. The van der Waals surface area contributed by atoms with Gasteiger partial charge in [0.2, 0.25) is 0 Å². The third-order valence-electron chi connectivity index (χ3n) is 5.21. The molecule has 1 saturated carbocycles. The van der Waals surface area contributed by atoms with Gasteiger partial charge in [-0.15, -0.1) is 13.2 Å². The second kappa shape index (κ2) is 24.7. The fourth-order valence-corrected chi connectivity index (χ4v) is 3.89. The van der Waals surface area contributed by atoms with E-state index in [0.717, 1.165) is 17.8 Å². The molecule has 0 radical (unpaired) electrons. The summed E-state index contributed by atoms with van der Waals surface area (Å²) in [5.41, 5.74) is 2.17. The first-order valence-electron chi connectivity index (χ1n) is 12.5. The molecule has 3 aliphatic carbocycles. The molecular formula is C29H54. The number of rotatable bonds is 4. The van der Waals surface area contributed by atoms with E-state index in [4.69, 9.17) is 0 Å². The summed E-state index contributed by atoms with van der Waals surface area (Å²) >= 11 is 0. The van der Waals surface area contributed by atoms with Crippen LogP contribution in [-0.4, -0.2) is 0 Å². The van der Waals surface area contributed by atoms with Gasteiger partial charge in [0.25, 0.3) is 0 Å². The van der Waals surface area contributed by atoms with Crippen molar-refractivity contribution in [3.05, 3.63) is 61.2 Å². The third-order valence-corrected chi connectivity index (χ3v) is 5.21. The summed E-state index contributed by atoms with van der Waals surface area (Å²) in [4.78, 5) is 0. The van der Waals surface area contributed by atoms with Gasteiger partial charge in [-0.2, -0.15) is 0 Å². The number of hydrogen-bond donors (Lipinski definition) is 0. The van der Waals surface area contributed by atoms with Gasteiger partial charge >= 0.3 is 0 Å². The Hall–Kier alpha value is -1.30. The molecule has 1 fully saturated rings. The van der Waals surface area contributed by atoms with Crippen LogP contribution in [0.4, 0.5) is 0 Å². The lowest BCUT2D eigenvalue weighted by Gasteiger charge is -2.49. The molecule has 170 valence electrons. The van der Waals surface area contributed by atoms with Crippen molar-refractivity contribution in [2.75, 3.05) is 0 Å². The molecule has 0 unspecified atom stereocenters. The van der Waals surface area contributed by atoms with Gasteiger partial charge in [-0.1, -0.05) is 111 Å². The van der Waals surface area contributed by atoms with Crippen LogP contribution in [0.15, 0.2) is 55.6 Å². The number of allylic oxidation sites excluding steroid dienone is 2. The standard InChI is InChI=1S/C13H22.C8H10.3C2H6.C2H4/c1-2-3-8-13-9-6-4-5-7-12(10-13)11-13;1-2-8-6-4-3-5-7-8;4*1-2/h4,6,12H,2-3,5,7-11H2,1H3;3-7H,2H2,1H3;3*1-2H3;1-2H2. The zero-order valence-corrected chi connectivity index (χ0v) is 21.4. The normalized spacial score (nSPS) is 20.2. The highest BCUT2D eigenvalue weighted by Gasteiger charge is 2.42. The average molecular weight is 403 g/mol. The van der Waals surface area contributed by atoms with Crippen LogP contribution in [-0.2, 0) is 6.42 Å². The van der Waals surface area contributed by atoms with Gasteiger partial charge in [0.05, 0.1) is 0 Å². The van der Waals surface area contributed by atoms with E-state index in [-0.39, 0.29) is 0 Å². The minimum absolute atomic E-state index is 0.762. The molecule has 0 aromatic heterocycles. The lowest BCUT2D eigenvalue weighted by Crippen LogP contribution is -2.37. The molecule has 0 heterocycles. The smallest absolute Gasteiger partial charge is 0.0258 e. The van der Waals surface area contributed by atoms with Crippen molar-refractivity contribution >= 4 is 0 Å². The summed E-state index contributed by atoms with van der Waals surface area (Å²) in [7, 11) is 0. The zero-order valence-electron chi connectivity index (χ0n) is 21.4. The summed E-state index contributed by atoms with van der Waals surface area (Å²) in [6, 6.07) is 10.5. The topological polar surface area (TPSA) is 0 Å². The second-order valence-corrected chi connectivity index (χ2v) is 6.97. The number of aryl methyl sites for hydroxylation is 1. The summed E-state index contributed by atoms with van der Waals surface area (Å²) in [5.74, 6) is 1.09. The first kappa shape index (κ1) is 32.4. The van der Waals surface area contributed by atoms with Crippen LogP contribution in [0.2, 0.25) is 0 Å². The first-order chi connectivity index (χ1) is 14.3. The highest BCUT2D eigenvalue weighted by molar-refractivity contribution is 5.13. The molecule has 29 heavy (non-hydrogen) atoms. The van der Waals surface area contributed by atoms with E-state index < -0.39 is 0 Å². The Kier molecular flexibility index (Phi) is 27.6. The van der Waals surface area contributed by atoms with Gasteiger partial charge in [-0.05, 0) is 61.8 Å². The zero-order chi connectivity index (χ0) is 23.0. The molecule has 0 aliphatic heterocycles. The molecule has 0 amide bonds. The highest BCUT2D eigenvalue weighted by atomic mass is 14.5. The Balaban J connectivity index is -0.000000365. The van der Waals surface area contributed by atoms with E-state index in [9.17, 15) is 0 Å². The van der Waals surface area contributed by atoms with Crippen LogP contribution in [0.1, 0.15) is 112 Å². The Labute approximate surface area is 185 Å². The molecule has 1 aromatic rings. The summed E-state index contributed by atoms with van der Waals surface area (Å²) in [6.45, 7) is 22.5. The molecule has 0 spiro atoms. The van der Waals surface area contributed by atoms with Crippen molar-refractivity contribution in [3.8, 4) is 0 Å². The number of fused-ring (bicyclic) bond motifs is 3.